The van der Waals surface area contributed by atoms with E-state index in [1.54, 1.807) is 13.2 Å². The molecule has 2 rings (SSSR count). The summed E-state index contributed by atoms with van der Waals surface area (Å²) in [4.78, 5) is 2.15. The van der Waals surface area contributed by atoms with Gasteiger partial charge in [-0.3, -0.25) is 0 Å². The summed E-state index contributed by atoms with van der Waals surface area (Å²) in [5.74, 6) is -0.195. The molecule has 1 aliphatic rings. The third-order valence-electron chi connectivity index (χ3n) is 4.04. The molecule has 0 atom stereocenters. The van der Waals surface area contributed by atoms with Crippen molar-refractivity contribution in [1.82, 2.24) is 5.32 Å². The van der Waals surface area contributed by atoms with Gasteiger partial charge in [-0.25, -0.2) is 4.39 Å². The quantitative estimate of drug-likeness (QED) is 0.683. The number of rotatable bonds is 9. The van der Waals surface area contributed by atoms with Gasteiger partial charge in [-0.2, -0.15) is 0 Å². The fourth-order valence-corrected chi connectivity index (χ4v) is 2.68. The van der Waals surface area contributed by atoms with Gasteiger partial charge in [-0.05, 0) is 31.4 Å². The summed E-state index contributed by atoms with van der Waals surface area (Å²) >= 11 is 0. The lowest BCUT2D eigenvalue weighted by molar-refractivity contribution is 0.199. The van der Waals surface area contributed by atoms with Crippen LogP contribution in [0.15, 0.2) is 18.2 Å². The molecule has 5 heteroatoms. The minimum Gasteiger partial charge on any atom is -0.395 e. The number of aliphatic hydroxyl groups excluding tert-OH is 1. The first kappa shape index (κ1) is 16.2. The van der Waals surface area contributed by atoms with Gasteiger partial charge in [0.05, 0.1) is 13.2 Å². The molecule has 2 N–H and O–H groups in total. The maximum Gasteiger partial charge on any atom is 0.129 e. The molecule has 21 heavy (non-hydrogen) atoms. The monoisotopic (exact) mass is 296 g/mol. The molecule has 0 radical (unpaired) electrons. The van der Waals surface area contributed by atoms with Crippen LogP contribution in [-0.4, -0.2) is 44.6 Å². The first-order valence-electron chi connectivity index (χ1n) is 7.62. The van der Waals surface area contributed by atoms with E-state index in [2.05, 4.69) is 10.2 Å². The van der Waals surface area contributed by atoms with Crippen LogP contribution in [0.5, 0.6) is 0 Å². The minimum atomic E-state index is -0.195. The summed E-state index contributed by atoms with van der Waals surface area (Å²) in [6.45, 7) is 2.41. The Labute approximate surface area is 125 Å². The van der Waals surface area contributed by atoms with Crippen LogP contribution in [0.1, 0.15) is 24.8 Å². The molecule has 0 aliphatic heterocycles. The first-order valence-corrected chi connectivity index (χ1v) is 7.62. The highest BCUT2D eigenvalue weighted by Gasteiger charge is 2.26. The van der Waals surface area contributed by atoms with Gasteiger partial charge < -0.3 is 20.1 Å². The molecule has 1 aromatic rings. The summed E-state index contributed by atoms with van der Waals surface area (Å²) < 4.78 is 19.2. The zero-order valence-electron chi connectivity index (χ0n) is 12.6. The van der Waals surface area contributed by atoms with Crippen LogP contribution in [0.3, 0.4) is 0 Å². The Kier molecular flexibility index (Phi) is 6.42. The van der Waals surface area contributed by atoms with Crippen LogP contribution in [-0.2, 0) is 11.3 Å². The molecule has 0 saturated heterocycles. The topological polar surface area (TPSA) is 44.7 Å². The van der Waals surface area contributed by atoms with Crippen LogP contribution in [0.4, 0.5) is 10.1 Å². The van der Waals surface area contributed by atoms with Crippen LogP contribution in [0.2, 0.25) is 0 Å². The molecule has 0 amide bonds. The van der Waals surface area contributed by atoms with E-state index >= 15 is 0 Å². The van der Waals surface area contributed by atoms with E-state index in [1.165, 1.54) is 12.5 Å². The van der Waals surface area contributed by atoms with Crippen LogP contribution in [0, 0.1) is 5.82 Å². The van der Waals surface area contributed by atoms with Gasteiger partial charge in [0, 0.05) is 44.0 Å². The molecule has 1 fully saturated rings. The second-order valence-corrected chi connectivity index (χ2v) is 5.41. The van der Waals surface area contributed by atoms with Crippen molar-refractivity contribution in [1.29, 1.82) is 0 Å². The predicted octanol–water partition coefficient (Wildman–Crippen LogP) is 1.91. The highest BCUT2D eigenvalue weighted by molar-refractivity contribution is 5.55. The molecule has 1 aromatic carbocycles. The Bertz CT molecular complexity index is 438. The van der Waals surface area contributed by atoms with E-state index in [9.17, 15) is 9.50 Å². The van der Waals surface area contributed by atoms with Crippen molar-refractivity contribution in [3.63, 3.8) is 0 Å². The van der Waals surface area contributed by atoms with Gasteiger partial charge in [0.1, 0.15) is 5.82 Å². The number of nitrogens with zero attached hydrogens (tertiary/aromatic N) is 1. The predicted molar refractivity (Wildman–Crippen MR) is 82.1 cm³/mol. The average molecular weight is 296 g/mol. The number of aliphatic hydroxyl groups is 1. The SMILES string of the molecule is COCCNCc1c(F)cccc1N(CCO)C1CCC1. The van der Waals surface area contributed by atoms with Gasteiger partial charge in [0.2, 0.25) is 0 Å². The van der Waals surface area contributed by atoms with Crippen molar-refractivity contribution in [3.8, 4) is 0 Å². The number of hydrogen-bond donors (Lipinski definition) is 2. The summed E-state index contributed by atoms with van der Waals surface area (Å²) in [6.07, 6.45) is 3.45. The molecule has 0 spiro atoms. The lowest BCUT2D eigenvalue weighted by Gasteiger charge is -2.40. The summed E-state index contributed by atoms with van der Waals surface area (Å²) in [6, 6.07) is 5.61. The molecule has 118 valence electrons. The van der Waals surface area contributed by atoms with Crippen LogP contribution >= 0.6 is 0 Å². The van der Waals surface area contributed by atoms with Crippen molar-refractivity contribution in [2.24, 2.45) is 0 Å². The molecule has 0 aromatic heterocycles. The Balaban J connectivity index is 2.13. The van der Waals surface area contributed by atoms with Gasteiger partial charge in [-0.1, -0.05) is 6.07 Å². The van der Waals surface area contributed by atoms with Crippen molar-refractivity contribution in [2.45, 2.75) is 31.8 Å². The second-order valence-electron chi connectivity index (χ2n) is 5.41. The highest BCUT2D eigenvalue weighted by atomic mass is 19.1. The Morgan fingerprint density at radius 2 is 2.24 bits per heavy atom. The molecular formula is C16H25FN2O2. The zero-order valence-corrected chi connectivity index (χ0v) is 12.6. The van der Waals surface area contributed by atoms with Gasteiger partial charge in [0.25, 0.3) is 0 Å². The number of halogens is 1. The van der Waals surface area contributed by atoms with E-state index in [0.29, 0.717) is 37.8 Å². The second kappa shape index (κ2) is 8.32. The van der Waals surface area contributed by atoms with E-state index < -0.39 is 0 Å². The zero-order chi connectivity index (χ0) is 15.1. The third kappa shape index (κ3) is 4.15. The number of methoxy groups -OCH3 is 1. The Morgan fingerprint density at radius 1 is 1.43 bits per heavy atom. The fraction of sp³-hybridized carbons (Fsp3) is 0.625. The third-order valence-corrected chi connectivity index (χ3v) is 4.04. The van der Waals surface area contributed by atoms with Crippen molar-refractivity contribution in [2.75, 3.05) is 38.3 Å². The summed E-state index contributed by atoms with van der Waals surface area (Å²) in [5, 5.41) is 12.5. The minimum absolute atomic E-state index is 0.0869. The smallest absolute Gasteiger partial charge is 0.129 e. The maximum absolute atomic E-state index is 14.2. The molecular weight excluding hydrogens is 271 g/mol. The Morgan fingerprint density at radius 3 is 2.86 bits per heavy atom. The average Bonchev–Trinajstić information content (AvgIpc) is 2.42. The summed E-state index contributed by atoms with van der Waals surface area (Å²) in [7, 11) is 1.65. The summed E-state index contributed by atoms with van der Waals surface area (Å²) in [5.41, 5.74) is 1.58. The van der Waals surface area contributed by atoms with Crippen molar-refractivity contribution < 1.29 is 14.2 Å². The van der Waals surface area contributed by atoms with E-state index in [4.69, 9.17) is 4.74 Å². The molecule has 4 nitrogen and oxygen atoms in total. The number of benzene rings is 1. The molecule has 0 bridgehead atoms. The molecule has 1 saturated carbocycles. The normalized spacial score (nSPS) is 15.0. The maximum atomic E-state index is 14.2. The lowest BCUT2D eigenvalue weighted by atomic mass is 9.90. The number of ether oxygens (including phenoxy) is 1. The number of anilines is 1. The molecule has 0 unspecified atom stereocenters. The number of hydrogen-bond acceptors (Lipinski definition) is 4. The first-order chi connectivity index (χ1) is 10.3. The van der Waals surface area contributed by atoms with Crippen LogP contribution in [0.25, 0.3) is 0 Å². The van der Waals surface area contributed by atoms with E-state index in [-0.39, 0.29) is 12.4 Å². The molecule has 1 aliphatic carbocycles. The standard InChI is InChI=1S/C16H25FN2O2/c1-21-11-8-18-12-14-15(17)6-3-7-16(14)19(9-10-20)13-4-2-5-13/h3,6-7,13,18,20H,2,4-5,8-12H2,1H3. The van der Waals surface area contributed by atoms with Crippen LogP contribution < -0.4 is 10.2 Å². The van der Waals surface area contributed by atoms with Gasteiger partial charge in [0.15, 0.2) is 0 Å². The van der Waals surface area contributed by atoms with Gasteiger partial charge >= 0.3 is 0 Å². The highest BCUT2D eigenvalue weighted by Crippen LogP contribution is 2.32. The van der Waals surface area contributed by atoms with E-state index in [0.717, 1.165) is 18.5 Å². The lowest BCUT2D eigenvalue weighted by Crippen LogP contribution is -2.42. The molecule has 0 heterocycles. The van der Waals surface area contributed by atoms with Gasteiger partial charge in [-0.15, -0.1) is 0 Å². The largest absolute Gasteiger partial charge is 0.395 e. The van der Waals surface area contributed by atoms with Crippen molar-refractivity contribution >= 4 is 5.69 Å². The fourth-order valence-electron chi connectivity index (χ4n) is 2.68. The van der Waals surface area contributed by atoms with Crippen molar-refractivity contribution in [3.05, 3.63) is 29.6 Å². The Hall–Kier alpha value is -1.17. The number of nitrogens with one attached hydrogen (secondary N) is 1. The van der Waals surface area contributed by atoms with E-state index in [1.807, 2.05) is 6.07 Å².